The second kappa shape index (κ2) is 11.9. The molecule has 8 nitrogen and oxygen atoms in total. The van der Waals surface area contributed by atoms with Gasteiger partial charge in [0.2, 0.25) is 5.91 Å². The van der Waals surface area contributed by atoms with E-state index in [9.17, 15) is 19.5 Å². The van der Waals surface area contributed by atoms with Gasteiger partial charge >= 0.3 is 12.1 Å². The van der Waals surface area contributed by atoms with E-state index in [-0.39, 0.29) is 25.5 Å². The molecule has 40 heavy (non-hydrogen) atoms. The van der Waals surface area contributed by atoms with E-state index in [2.05, 4.69) is 34.9 Å². The molecular formula is C32H35N3O5. The summed E-state index contributed by atoms with van der Waals surface area (Å²) >= 11 is 0. The average Bonchev–Trinajstić information content (AvgIpc) is 3.51. The molecule has 0 saturated carbocycles. The minimum atomic E-state index is -1.35. The molecule has 2 atom stereocenters. The van der Waals surface area contributed by atoms with Crippen molar-refractivity contribution in [3.05, 3.63) is 95.6 Å². The Morgan fingerprint density at radius 1 is 0.975 bits per heavy atom. The lowest BCUT2D eigenvalue weighted by molar-refractivity contribution is -0.147. The highest BCUT2D eigenvalue weighted by Gasteiger charge is 2.46. The van der Waals surface area contributed by atoms with Crippen LogP contribution in [0.5, 0.6) is 0 Å². The Morgan fingerprint density at radius 3 is 2.23 bits per heavy atom. The summed E-state index contributed by atoms with van der Waals surface area (Å²) in [6.45, 7) is 3.45. The first-order chi connectivity index (χ1) is 19.4. The minimum absolute atomic E-state index is 0.0333. The third-order valence-corrected chi connectivity index (χ3v) is 7.98. The topological polar surface area (TPSA) is 108 Å². The summed E-state index contributed by atoms with van der Waals surface area (Å²) in [4.78, 5) is 40.0. The van der Waals surface area contributed by atoms with Crippen LogP contribution in [0.15, 0.2) is 78.9 Å². The molecule has 0 spiro atoms. The fraction of sp³-hybridized carbons (Fsp3) is 0.344. The van der Waals surface area contributed by atoms with E-state index in [4.69, 9.17) is 4.74 Å². The number of carboxylic acids is 1. The first-order valence-corrected chi connectivity index (χ1v) is 13.8. The van der Waals surface area contributed by atoms with Crippen LogP contribution in [0.2, 0.25) is 0 Å². The molecule has 2 amide bonds. The molecular weight excluding hydrogens is 506 g/mol. The van der Waals surface area contributed by atoms with Crippen LogP contribution in [0.4, 0.5) is 4.79 Å². The van der Waals surface area contributed by atoms with Crippen LogP contribution in [0.3, 0.4) is 0 Å². The quantitative estimate of drug-likeness (QED) is 0.348. The van der Waals surface area contributed by atoms with E-state index < -0.39 is 29.6 Å². The van der Waals surface area contributed by atoms with Gasteiger partial charge in [0.25, 0.3) is 0 Å². The summed E-state index contributed by atoms with van der Waals surface area (Å²) < 4.78 is 5.63. The van der Waals surface area contributed by atoms with Crippen LogP contribution in [0.25, 0.3) is 11.1 Å². The van der Waals surface area contributed by atoms with E-state index >= 15 is 0 Å². The van der Waals surface area contributed by atoms with Crippen molar-refractivity contribution < 1.29 is 24.2 Å². The highest BCUT2D eigenvalue weighted by atomic mass is 16.5. The van der Waals surface area contributed by atoms with Gasteiger partial charge in [-0.1, -0.05) is 85.8 Å². The van der Waals surface area contributed by atoms with Crippen molar-refractivity contribution in [1.82, 2.24) is 15.5 Å². The third-order valence-electron chi connectivity index (χ3n) is 7.98. The van der Waals surface area contributed by atoms with Crippen LogP contribution in [0.1, 0.15) is 48.8 Å². The number of alkyl carbamates (subject to hydrolysis) is 1. The molecule has 3 aromatic rings. The lowest BCUT2D eigenvalue weighted by Crippen LogP contribution is -2.57. The van der Waals surface area contributed by atoms with Crippen molar-refractivity contribution in [2.45, 2.75) is 50.2 Å². The molecule has 1 aliphatic carbocycles. The van der Waals surface area contributed by atoms with Crippen molar-refractivity contribution in [2.24, 2.45) is 0 Å². The third kappa shape index (κ3) is 5.87. The number of nitrogens with one attached hydrogen (secondary N) is 2. The molecule has 208 valence electrons. The van der Waals surface area contributed by atoms with Gasteiger partial charge in [-0.05, 0) is 40.7 Å². The Labute approximate surface area is 234 Å². The molecule has 3 N–H and O–H groups in total. The molecule has 0 radical (unpaired) electrons. The smallest absolute Gasteiger partial charge is 0.407 e. The number of carbonyl (C=O) groups is 3. The number of amides is 2. The van der Waals surface area contributed by atoms with Crippen LogP contribution >= 0.6 is 0 Å². The van der Waals surface area contributed by atoms with E-state index in [0.29, 0.717) is 25.9 Å². The maximum atomic E-state index is 13.0. The van der Waals surface area contributed by atoms with Gasteiger partial charge in [-0.15, -0.1) is 0 Å². The van der Waals surface area contributed by atoms with Crippen LogP contribution in [0, 0.1) is 0 Å². The largest absolute Gasteiger partial charge is 0.479 e. The van der Waals surface area contributed by atoms with E-state index in [1.165, 1.54) is 0 Å². The number of nitrogens with zero attached hydrogens (tertiary/aromatic N) is 1. The van der Waals surface area contributed by atoms with Crippen molar-refractivity contribution in [1.29, 1.82) is 0 Å². The molecule has 1 aliphatic heterocycles. The summed E-state index contributed by atoms with van der Waals surface area (Å²) in [5.41, 5.74) is 4.29. The number of carbonyl (C=O) groups excluding carboxylic acids is 2. The first kappa shape index (κ1) is 27.4. The normalized spacial score (nSPS) is 18.9. The summed E-state index contributed by atoms with van der Waals surface area (Å²) in [5.74, 6) is -1.51. The lowest BCUT2D eigenvalue weighted by atomic mass is 9.98. The van der Waals surface area contributed by atoms with Gasteiger partial charge in [0.1, 0.15) is 6.61 Å². The number of rotatable bonds is 10. The Hall–Kier alpha value is -4.17. The van der Waals surface area contributed by atoms with Gasteiger partial charge < -0.3 is 20.5 Å². The highest BCUT2D eigenvalue weighted by Crippen LogP contribution is 2.44. The summed E-state index contributed by atoms with van der Waals surface area (Å²) in [6, 6.07) is 25.6. The molecule has 1 saturated heterocycles. The molecule has 0 aromatic heterocycles. The number of carboxylic acid groups (broad SMARTS) is 1. The molecule has 1 heterocycles. The summed E-state index contributed by atoms with van der Waals surface area (Å²) in [6.07, 6.45) is 0.188. The zero-order chi connectivity index (χ0) is 28.1. The molecule has 1 fully saturated rings. The van der Waals surface area contributed by atoms with Crippen molar-refractivity contribution in [2.75, 3.05) is 19.7 Å². The minimum Gasteiger partial charge on any atom is -0.479 e. The zero-order valence-electron chi connectivity index (χ0n) is 22.6. The van der Waals surface area contributed by atoms with Gasteiger partial charge in [-0.3, -0.25) is 9.69 Å². The first-order valence-electron chi connectivity index (χ1n) is 13.8. The molecule has 2 unspecified atom stereocenters. The predicted molar refractivity (Wildman–Crippen MR) is 152 cm³/mol. The van der Waals surface area contributed by atoms with Crippen molar-refractivity contribution >= 4 is 18.0 Å². The summed E-state index contributed by atoms with van der Waals surface area (Å²) in [5, 5.41) is 15.6. The van der Waals surface area contributed by atoms with E-state index in [0.717, 1.165) is 27.8 Å². The zero-order valence-corrected chi connectivity index (χ0v) is 22.6. The monoisotopic (exact) mass is 541 g/mol. The predicted octanol–water partition coefficient (Wildman–Crippen LogP) is 4.54. The summed E-state index contributed by atoms with van der Waals surface area (Å²) in [7, 11) is 0. The maximum Gasteiger partial charge on any atom is 0.407 e. The fourth-order valence-electron chi connectivity index (χ4n) is 5.84. The maximum absolute atomic E-state index is 13.0. The molecule has 2 aliphatic rings. The number of hydrogen-bond donors (Lipinski definition) is 3. The Morgan fingerprint density at radius 2 is 1.60 bits per heavy atom. The second-order valence-electron chi connectivity index (χ2n) is 10.7. The average molecular weight is 542 g/mol. The van der Waals surface area contributed by atoms with Gasteiger partial charge in [-0.25, -0.2) is 9.59 Å². The molecule has 0 bridgehead atoms. The van der Waals surface area contributed by atoms with Gasteiger partial charge in [0.05, 0.1) is 0 Å². The van der Waals surface area contributed by atoms with Crippen molar-refractivity contribution in [3.63, 3.8) is 0 Å². The standard InChI is InChI=1S/C32H35N3O5/c1-2-23(18-29(36)34-32(30(37)38)16-17-35(21-32)19-22-10-4-3-5-11-22)33-31(39)40-20-28-26-14-8-6-12-24(26)25-13-7-9-15-27(25)28/h3-15,23,28H,2,16-21H2,1H3,(H,33,39)(H,34,36)(H,37,38). The number of likely N-dealkylation sites (tertiary alicyclic amines) is 1. The highest BCUT2D eigenvalue weighted by molar-refractivity contribution is 5.88. The number of benzene rings is 3. The number of hydrogen-bond acceptors (Lipinski definition) is 5. The molecule has 3 aromatic carbocycles. The van der Waals surface area contributed by atoms with Gasteiger partial charge in [-0.2, -0.15) is 0 Å². The fourth-order valence-corrected chi connectivity index (χ4v) is 5.84. The number of aliphatic carboxylic acids is 1. The number of ether oxygens (including phenoxy) is 1. The Bertz CT molecular complexity index is 1330. The number of fused-ring (bicyclic) bond motifs is 3. The molecule has 5 rings (SSSR count). The lowest BCUT2D eigenvalue weighted by Gasteiger charge is -2.27. The van der Waals surface area contributed by atoms with Gasteiger partial charge in [0, 0.05) is 38.0 Å². The Kier molecular flexibility index (Phi) is 8.16. The van der Waals surface area contributed by atoms with Gasteiger partial charge in [0.15, 0.2) is 5.54 Å². The molecule has 8 heteroatoms. The van der Waals surface area contributed by atoms with E-state index in [1.54, 1.807) is 0 Å². The second-order valence-corrected chi connectivity index (χ2v) is 10.7. The van der Waals surface area contributed by atoms with Crippen LogP contribution < -0.4 is 10.6 Å². The SMILES string of the molecule is CCC(CC(=O)NC1(C(=O)O)CCN(Cc2ccccc2)C1)NC(=O)OCC1c2ccccc2-c2ccccc21. The van der Waals surface area contributed by atoms with E-state index in [1.807, 2.05) is 66.4 Å². The van der Waals surface area contributed by atoms with Crippen LogP contribution in [-0.4, -0.2) is 59.3 Å². The van der Waals surface area contributed by atoms with Crippen molar-refractivity contribution in [3.8, 4) is 11.1 Å². The van der Waals surface area contributed by atoms with Crippen LogP contribution in [-0.2, 0) is 20.9 Å². The Balaban J connectivity index is 1.15.